The van der Waals surface area contributed by atoms with Crippen LogP contribution in [0.2, 0.25) is 0 Å². The SMILES string of the molecule is CCOc1cc([C@H]2CC(=O)N3C(=C2C#N)SC[C@@]3(O)c2ccc(C)cc2)ccc1OC. The Bertz CT molecular complexity index is 1090. The second kappa shape index (κ2) is 8.29. The number of methoxy groups -OCH3 is 1. The zero-order chi connectivity index (χ0) is 22.2. The summed E-state index contributed by atoms with van der Waals surface area (Å²) in [7, 11) is 1.57. The molecule has 4 rings (SSSR count). The first-order chi connectivity index (χ1) is 14.9. The second-order valence-electron chi connectivity index (χ2n) is 7.63. The zero-order valence-corrected chi connectivity index (χ0v) is 18.5. The van der Waals surface area contributed by atoms with E-state index in [-0.39, 0.29) is 18.1 Å². The number of nitriles is 1. The first kappa shape index (κ1) is 21.3. The third-order valence-electron chi connectivity index (χ3n) is 5.71. The highest BCUT2D eigenvalue weighted by Crippen LogP contribution is 2.52. The number of ether oxygens (including phenoxy) is 2. The van der Waals surface area contributed by atoms with Crippen molar-refractivity contribution in [2.45, 2.75) is 31.9 Å². The van der Waals surface area contributed by atoms with Crippen LogP contribution in [0.1, 0.15) is 36.0 Å². The fraction of sp³-hybridized carbons (Fsp3) is 0.333. The molecule has 1 saturated heterocycles. The Morgan fingerprint density at radius 2 is 2.00 bits per heavy atom. The monoisotopic (exact) mass is 436 g/mol. The number of aryl methyl sites for hydroxylation is 1. The van der Waals surface area contributed by atoms with E-state index in [9.17, 15) is 15.2 Å². The minimum absolute atomic E-state index is 0.0962. The van der Waals surface area contributed by atoms with Gasteiger partial charge in [0.2, 0.25) is 5.91 Å². The summed E-state index contributed by atoms with van der Waals surface area (Å²) in [6, 6.07) is 15.3. The van der Waals surface area contributed by atoms with Gasteiger partial charge in [-0.2, -0.15) is 5.26 Å². The van der Waals surface area contributed by atoms with Crippen molar-refractivity contribution in [3.63, 3.8) is 0 Å². The van der Waals surface area contributed by atoms with Crippen LogP contribution in [0.5, 0.6) is 11.5 Å². The number of thioether (sulfide) groups is 1. The van der Waals surface area contributed by atoms with Crippen LogP contribution in [-0.4, -0.2) is 35.4 Å². The molecule has 31 heavy (non-hydrogen) atoms. The minimum Gasteiger partial charge on any atom is -0.493 e. The summed E-state index contributed by atoms with van der Waals surface area (Å²) in [5, 5.41) is 22.0. The average molecular weight is 437 g/mol. The van der Waals surface area contributed by atoms with Crippen molar-refractivity contribution in [2.24, 2.45) is 0 Å². The molecule has 160 valence electrons. The van der Waals surface area contributed by atoms with Crippen LogP contribution in [0, 0.1) is 18.3 Å². The van der Waals surface area contributed by atoms with E-state index in [1.165, 1.54) is 16.7 Å². The molecular weight excluding hydrogens is 412 g/mol. The molecule has 2 aliphatic rings. The van der Waals surface area contributed by atoms with Crippen molar-refractivity contribution in [1.82, 2.24) is 4.90 Å². The molecule has 6 nitrogen and oxygen atoms in total. The van der Waals surface area contributed by atoms with Gasteiger partial charge in [0, 0.05) is 17.9 Å². The third kappa shape index (κ3) is 3.56. The Morgan fingerprint density at radius 3 is 2.65 bits per heavy atom. The molecule has 0 radical (unpaired) electrons. The van der Waals surface area contributed by atoms with Crippen LogP contribution in [0.25, 0.3) is 0 Å². The molecule has 7 heteroatoms. The molecule has 0 aliphatic carbocycles. The largest absolute Gasteiger partial charge is 0.493 e. The molecule has 2 aromatic rings. The molecule has 0 unspecified atom stereocenters. The molecular formula is C24H24N2O4S. The molecule has 0 saturated carbocycles. The Kier molecular flexibility index (Phi) is 5.69. The van der Waals surface area contributed by atoms with Gasteiger partial charge >= 0.3 is 0 Å². The fourth-order valence-electron chi connectivity index (χ4n) is 4.12. The Hall–Kier alpha value is -2.95. The highest BCUT2D eigenvalue weighted by molar-refractivity contribution is 8.03. The van der Waals surface area contributed by atoms with E-state index in [1.807, 2.05) is 50.2 Å². The predicted molar refractivity (Wildman–Crippen MR) is 119 cm³/mol. The van der Waals surface area contributed by atoms with Gasteiger partial charge in [0.25, 0.3) is 0 Å². The summed E-state index contributed by atoms with van der Waals surface area (Å²) in [6.07, 6.45) is 0.0962. The lowest BCUT2D eigenvalue weighted by Crippen LogP contribution is -2.48. The maximum atomic E-state index is 13.3. The molecule has 2 aliphatic heterocycles. The number of nitrogens with zero attached hydrogens (tertiary/aromatic N) is 2. The molecule has 1 fully saturated rings. The van der Waals surface area contributed by atoms with Crippen molar-refractivity contribution < 1.29 is 19.4 Å². The molecule has 0 bridgehead atoms. The van der Waals surface area contributed by atoms with Crippen LogP contribution in [0.3, 0.4) is 0 Å². The van der Waals surface area contributed by atoms with E-state index >= 15 is 0 Å². The Balaban J connectivity index is 1.77. The summed E-state index contributed by atoms with van der Waals surface area (Å²) >= 11 is 1.35. The quantitative estimate of drug-likeness (QED) is 0.762. The number of hydrogen-bond donors (Lipinski definition) is 1. The van der Waals surface area contributed by atoms with Gasteiger partial charge in [-0.05, 0) is 31.5 Å². The van der Waals surface area contributed by atoms with Crippen molar-refractivity contribution in [3.05, 3.63) is 69.8 Å². The number of fused-ring (bicyclic) bond motifs is 1. The second-order valence-corrected chi connectivity index (χ2v) is 8.60. The Morgan fingerprint density at radius 1 is 1.26 bits per heavy atom. The topological polar surface area (TPSA) is 82.8 Å². The summed E-state index contributed by atoms with van der Waals surface area (Å²) in [5.74, 6) is 0.851. The van der Waals surface area contributed by atoms with E-state index in [0.29, 0.717) is 34.3 Å². The van der Waals surface area contributed by atoms with Gasteiger partial charge in [-0.3, -0.25) is 9.69 Å². The van der Waals surface area contributed by atoms with Crippen LogP contribution in [0.15, 0.2) is 53.1 Å². The maximum Gasteiger partial charge on any atom is 0.231 e. The lowest BCUT2D eigenvalue weighted by molar-refractivity contribution is -0.149. The lowest BCUT2D eigenvalue weighted by atomic mass is 9.85. The number of carbonyl (C=O) groups excluding carboxylic acids is 1. The van der Waals surface area contributed by atoms with Crippen LogP contribution >= 0.6 is 11.8 Å². The van der Waals surface area contributed by atoms with E-state index in [2.05, 4.69) is 6.07 Å². The molecule has 2 aromatic carbocycles. The average Bonchev–Trinajstić information content (AvgIpc) is 3.13. The van der Waals surface area contributed by atoms with Gasteiger partial charge in [0.1, 0.15) is 0 Å². The normalized spacial score (nSPS) is 22.9. The highest BCUT2D eigenvalue weighted by Gasteiger charge is 2.51. The highest BCUT2D eigenvalue weighted by atomic mass is 32.2. The summed E-state index contributed by atoms with van der Waals surface area (Å²) in [4.78, 5) is 14.7. The lowest BCUT2D eigenvalue weighted by Gasteiger charge is -2.38. The molecule has 2 heterocycles. The van der Waals surface area contributed by atoms with Crippen molar-refractivity contribution in [3.8, 4) is 17.6 Å². The summed E-state index contributed by atoms with van der Waals surface area (Å²) in [6.45, 7) is 4.33. The molecule has 2 atom stereocenters. The van der Waals surface area contributed by atoms with Gasteiger partial charge < -0.3 is 14.6 Å². The van der Waals surface area contributed by atoms with E-state index in [1.54, 1.807) is 13.2 Å². The number of aliphatic hydroxyl groups is 1. The molecule has 0 aromatic heterocycles. The number of carbonyl (C=O) groups is 1. The summed E-state index contributed by atoms with van der Waals surface area (Å²) < 4.78 is 11.0. The maximum absolute atomic E-state index is 13.3. The van der Waals surface area contributed by atoms with E-state index in [4.69, 9.17) is 9.47 Å². The van der Waals surface area contributed by atoms with E-state index < -0.39 is 11.6 Å². The number of hydrogen-bond acceptors (Lipinski definition) is 6. The number of benzene rings is 2. The number of allylic oxidation sites excluding steroid dienone is 1. The van der Waals surface area contributed by atoms with Gasteiger partial charge in [-0.25, -0.2) is 0 Å². The zero-order valence-electron chi connectivity index (χ0n) is 17.7. The van der Waals surface area contributed by atoms with Gasteiger partial charge in [-0.1, -0.05) is 35.9 Å². The third-order valence-corrected chi connectivity index (χ3v) is 6.94. The first-order valence-electron chi connectivity index (χ1n) is 10.1. The number of amides is 1. The summed E-state index contributed by atoms with van der Waals surface area (Å²) in [5.41, 5.74) is 1.55. The van der Waals surface area contributed by atoms with Gasteiger partial charge in [0.15, 0.2) is 17.2 Å². The van der Waals surface area contributed by atoms with Crippen molar-refractivity contribution in [2.75, 3.05) is 19.5 Å². The van der Waals surface area contributed by atoms with Crippen molar-refractivity contribution in [1.29, 1.82) is 5.26 Å². The standard InChI is InChI=1S/C24H24N2O4S/c1-4-30-21-11-16(7-10-20(21)29-3)18-12-22(27)26-23(19(18)13-25)31-14-24(26,28)17-8-5-15(2)6-9-17/h5-11,18,28H,4,12,14H2,1-3H3/t18-,24-/m1/s1. The van der Waals surface area contributed by atoms with Gasteiger partial charge in [-0.15, -0.1) is 11.8 Å². The smallest absolute Gasteiger partial charge is 0.231 e. The van der Waals surface area contributed by atoms with E-state index in [0.717, 1.165) is 11.1 Å². The number of rotatable bonds is 5. The van der Waals surface area contributed by atoms with Gasteiger partial charge in [0.05, 0.1) is 36.1 Å². The van der Waals surface area contributed by atoms with Crippen LogP contribution in [-0.2, 0) is 10.5 Å². The van der Waals surface area contributed by atoms with Crippen LogP contribution < -0.4 is 9.47 Å². The first-order valence-corrected chi connectivity index (χ1v) is 11.1. The molecule has 1 amide bonds. The minimum atomic E-state index is -1.46. The molecule has 1 N–H and O–H groups in total. The van der Waals surface area contributed by atoms with Crippen molar-refractivity contribution >= 4 is 17.7 Å². The Labute approximate surface area is 186 Å². The fourth-order valence-corrected chi connectivity index (χ4v) is 5.48. The molecule has 0 spiro atoms. The van der Waals surface area contributed by atoms with Crippen LogP contribution in [0.4, 0.5) is 0 Å². The predicted octanol–water partition coefficient (Wildman–Crippen LogP) is 4.05.